The van der Waals surface area contributed by atoms with Crippen LogP contribution in [0.3, 0.4) is 0 Å². The van der Waals surface area contributed by atoms with E-state index >= 15 is 0 Å². The van der Waals surface area contributed by atoms with Gasteiger partial charge in [0.25, 0.3) is 0 Å². The zero-order valence-electron chi connectivity index (χ0n) is 10.6. The number of benzene rings is 1. The number of piperazine rings is 1. The second kappa shape index (κ2) is 4.35. The first-order valence-corrected chi connectivity index (χ1v) is 6.49. The third-order valence-corrected chi connectivity index (χ3v) is 3.69. The number of nitrogens with zero attached hydrogens (tertiary/aromatic N) is 1. The number of hydrogen-bond acceptors (Lipinski definition) is 3. The van der Waals surface area contributed by atoms with Crippen LogP contribution in [0.1, 0.15) is 18.4 Å². The molecule has 0 spiro atoms. The number of hydrogen-bond donors (Lipinski definition) is 2. The minimum atomic E-state index is -0.614. The molecule has 0 unspecified atom stereocenters. The van der Waals surface area contributed by atoms with Crippen LogP contribution in [-0.4, -0.2) is 35.6 Å². The summed E-state index contributed by atoms with van der Waals surface area (Å²) in [6.45, 7) is 0.934. The monoisotopic (exact) mass is 260 g/mol. The van der Waals surface area contributed by atoms with Crippen LogP contribution in [0.25, 0.3) is 0 Å². The Hall–Kier alpha value is -1.88. The lowest BCUT2D eigenvalue weighted by Crippen LogP contribution is -2.52. The van der Waals surface area contributed by atoms with E-state index in [2.05, 4.69) is 5.32 Å². The number of carbonyl (C=O) groups is 2. The molecule has 1 aliphatic carbocycles. The number of anilines is 1. The SMILES string of the molecule is O=C1NCCN(c2ccccc2CC2(O)CC2)C1=O. The minimum Gasteiger partial charge on any atom is -0.390 e. The predicted molar refractivity (Wildman–Crippen MR) is 69.7 cm³/mol. The van der Waals surface area contributed by atoms with Gasteiger partial charge in [0.05, 0.1) is 5.60 Å². The van der Waals surface area contributed by atoms with E-state index in [1.54, 1.807) is 0 Å². The van der Waals surface area contributed by atoms with Gasteiger partial charge in [-0.3, -0.25) is 9.59 Å². The highest BCUT2D eigenvalue weighted by Crippen LogP contribution is 2.40. The molecule has 0 radical (unpaired) electrons. The summed E-state index contributed by atoms with van der Waals surface area (Å²) < 4.78 is 0. The highest BCUT2D eigenvalue weighted by atomic mass is 16.3. The average molecular weight is 260 g/mol. The van der Waals surface area contributed by atoms with Crippen molar-refractivity contribution in [1.82, 2.24) is 5.32 Å². The van der Waals surface area contributed by atoms with Gasteiger partial charge in [-0.2, -0.15) is 0 Å². The molecule has 1 heterocycles. The first-order chi connectivity index (χ1) is 9.09. The second-order valence-corrected chi connectivity index (χ2v) is 5.24. The summed E-state index contributed by atoms with van der Waals surface area (Å²) >= 11 is 0. The van der Waals surface area contributed by atoms with E-state index in [9.17, 15) is 14.7 Å². The molecule has 100 valence electrons. The Bertz CT molecular complexity index is 537. The summed E-state index contributed by atoms with van der Waals surface area (Å²) in [4.78, 5) is 24.8. The molecular weight excluding hydrogens is 244 g/mol. The lowest BCUT2D eigenvalue weighted by atomic mass is 10.0. The fourth-order valence-electron chi connectivity index (χ4n) is 2.41. The number of para-hydroxylation sites is 1. The zero-order valence-corrected chi connectivity index (χ0v) is 10.6. The Morgan fingerprint density at radius 1 is 1.26 bits per heavy atom. The van der Waals surface area contributed by atoms with Crippen LogP contribution in [0.2, 0.25) is 0 Å². The van der Waals surface area contributed by atoms with Crippen molar-refractivity contribution in [2.45, 2.75) is 24.9 Å². The molecule has 1 aromatic carbocycles. The van der Waals surface area contributed by atoms with Crippen molar-refractivity contribution in [3.8, 4) is 0 Å². The third kappa shape index (κ3) is 2.33. The van der Waals surface area contributed by atoms with Crippen molar-refractivity contribution >= 4 is 17.5 Å². The van der Waals surface area contributed by atoms with Gasteiger partial charge in [-0.05, 0) is 24.5 Å². The van der Waals surface area contributed by atoms with Crippen molar-refractivity contribution < 1.29 is 14.7 Å². The van der Waals surface area contributed by atoms with Crippen LogP contribution >= 0.6 is 0 Å². The van der Waals surface area contributed by atoms with Crippen molar-refractivity contribution in [2.24, 2.45) is 0 Å². The van der Waals surface area contributed by atoms with Gasteiger partial charge in [0.15, 0.2) is 0 Å². The zero-order chi connectivity index (χ0) is 13.5. The van der Waals surface area contributed by atoms with Gasteiger partial charge in [-0.15, -0.1) is 0 Å². The molecule has 1 aromatic rings. The number of amides is 2. The van der Waals surface area contributed by atoms with E-state index in [4.69, 9.17) is 0 Å². The standard InChI is InChI=1S/C14H16N2O3/c17-12-13(18)16(8-7-15-12)11-4-2-1-3-10(11)9-14(19)5-6-14/h1-4,19H,5-9H2,(H,15,17). The minimum absolute atomic E-state index is 0.461. The van der Waals surface area contributed by atoms with E-state index in [0.717, 1.165) is 24.1 Å². The average Bonchev–Trinajstić information content (AvgIpc) is 3.11. The maximum atomic E-state index is 11.9. The highest BCUT2D eigenvalue weighted by molar-refractivity contribution is 6.41. The first-order valence-electron chi connectivity index (χ1n) is 6.49. The highest BCUT2D eigenvalue weighted by Gasteiger charge is 2.41. The Morgan fingerprint density at radius 2 is 2.00 bits per heavy atom. The number of aliphatic hydroxyl groups is 1. The second-order valence-electron chi connectivity index (χ2n) is 5.24. The van der Waals surface area contributed by atoms with Crippen LogP contribution in [0.4, 0.5) is 5.69 Å². The number of rotatable bonds is 3. The number of nitrogens with one attached hydrogen (secondary N) is 1. The molecule has 2 aliphatic rings. The molecule has 2 amide bonds. The normalized spacial score (nSPS) is 21.2. The van der Waals surface area contributed by atoms with Gasteiger partial charge < -0.3 is 15.3 Å². The Kier molecular flexibility index (Phi) is 2.78. The molecule has 19 heavy (non-hydrogen) atoms. The summed E-state index contributed by atoms with van der Waals surface area (Å²) in [6.07, 6.45) is 2.14. The predicted octanol–water partition coefficient (Wildman–Crippen LogP) is 0.217. The molecule has 2 N–H and O–H groups in total. The maximum Gasteiger partial charge on any atom is 0.316 e. The van der Waals surface area contributed by atoms with Crippen LogP contribution in [0, 0.1) is 0 Å². The van der Waals surface area contributed by atoms with E-state index in [0.29, 0.717) is 19.5 Å². The summed E-state index contributed by atoms with van der Waals surface area (Å²) in [5, 5.41) is 12.6. The van der Waals surface area contributed by atoms with Crippen molar-refractivity contribution in [3.63, 3.8) is 0 Å². The van der Waals surface area contributed by atoms with Gasteiger partial charge in [0.1, 0.15) is 0 Å². The molecule has 1 aliphatic heterocycles. The number of carbonyl (C=O) groups excluding carboxylic acids is 2. The summed E-state index contributed by atoms with van der Waals surface area (Å²) in [5.41, 5.74) is 1.05. The van der Waals surface area contributed by atoms with E-state index < -0.39 is 17.4 Å². The van der Waals surface area contributed by atoms with Gasteiger partial charge in [0, 0.05) is 25.2 Å². The Balaban J connectivity index is 1.91. The molecule has 5 heteroatoms. The Morgan fingerprint density at radius 3 is 2.74 bits per heavy atom. The fraction of sp³-hybridized carbons (Fsp3) is 0.429. The molecule has 1 saturated carbocycles. The molecular formula is C14H16N2O3. The first kappa shape index (κ1) is 12.2. The van der Waals surface area contributed by atoms with Crippen molar-refractivity contribution in [2.75, 3.05) is 18.0 Å². The van der Waals surface area contributed by atoms with Gasteiger partial charge >= 0.3 is 11.8 Å². The smallest absolute Gasteiger partial charge is 0.316 e. The van der Waals surface area contributed by atoms with Crippen LogP contribution in [0.15, 0.2) is 24.3 Å². The Labute approximate surface area is 111 Å². The van der Waals surface area contributed by atoms with Gasteiger partial charge in [0.2, 0.25) is 0 Å². The van der Waals surface area contributed by atoms with E-state index in [1.165, 1.54) is 4.90 Å². The summed E-state index contributed by atoms with van der Waals surface area (Å²) in [7, 11) is 0. The topological polar surface area (TPSA) is 69.6 Å². The summed E-state index contributed by atoms with van der Waals surface area (Å²) in [5.74, 6) is -1.09. The molecule has 0 atom stereocenters. The van der Waals surface area contributed by atoms with E-state index in [1.807, 2.05) is 24.3 Å². The lowest BCUT2D eigenvalue weighted by molar-refractivity contribution is -0.138. The molecule has 3 rings (SSSR count). The van der Waals surface area contributed by atoms with Crippen LogP contribution in [0.5, 0.6) is 0 Å². The largest absolute Gasteiger partial charge is 0.390 e. The molecule has 0 aromatic heterocycles. The molecule has 1 saturated heterocycles. The maximum absolute atomic E-state index is 11.9. The molecule has 0 bridgehead atoms. The van der Waals surface area contributed by atoms with E-state index in [-0.39, 0.29) is 0 Å². The van der Waals surface area contributed by atoms with Crippen LogP contribution in [-0.2, 0) is 16.0 Å². The van der Waals surface area contributed by atoms with Gasteiger partial charge in [-0.1, -0.05) is 18.2 Å². The molecule has 2 fully saturated rings. The fourth-order valence-corrected chi connectivity index (χ4v) is 2.41. The third-order valence-electron chi connectivity index (χ3n) is 3.69. The molecule has 5 nitrogen and oxygen atoms in total. The van der Waals surface area contributed by atoms with Crippen molar-refractivity contribution in [1.29, 1.82) is 0 Å². The summed E-state index contributed by atoms with van der Waals surface area (Å²) in [6, 6.07) is 7.47. The van der Waals surface area contributed by atoms with Crippen LogP contribution < -0.4 is 10.2 Å². The lowest BCUT2D eigenvalue weighted by Gasteiger charge is -2.28. The van der Waals surface area contributed by atoms with Gasteiger partial charge in [-0.25, -0.2) is 0 Å². The quantitative estimate of drug-likeness (QED) is 0.764. The van der Waals surface area contributed by atoms with Crippen molar-refractivity contribution in [3.05, 3.63) is 29.8 Å².